The molecule has 2 N–H and O–H groups in total. The van der Waals surface area contributed by atoms with Gasteiger partial charge in [-0.2, -0.15) is 0 Å². The van der Waals surface area contributed by atoms with E-state index in [1.54, 1.807) is 36.5 Å². The molecule has 0 aliphatic rings. The minimum atomic E-state index is -0.235. The molecule has 4 aromatic rings. The van der Waals surface area contributed by atoms with Crippen LogP contribution in [0.3, 0.4) is 0 Å². The highest BCUT2D eigenvalue weighted by molar-refractivity contribution is 6.33. The number of rotatable bonds is 4. The zero-order chi connectivity index (χ0) is 19.7. The van der Waals surface area contributed by atoms with Gasteiger partial charge in [-0.3, -0.25) is 9.78 Å². The summed E-state index contributed by atoms with van der Waals surface area (Å²) in [6.45, 7) is 0. The van der Waals surface area contributed by atoms with E-state index in [2.05, 4.69) is 20.3 Å². The van der Waals surface area contributed by atoms with Crippen LogP contribution in [-0.4, -0.2) is 35.0 Å². The van der Waals surface area contributed by atoms with Crippen LogP contribution in [0.5, 0.6) is 0 Å². The lowest BCUT2D eigenvalue weighted by atomic mass is 10.1. The summed E-state index contributed by atoms with van der Waals surface area (Å²) >= 11 is 6.40. The number of amides is 1. The van der Waals surface area contributed by atoms with E-state index < -0.39 is 0 Å². The first-order valence-corrected chi connectivity index (χ1v) is 9.07. The lowest BCUT2D eigenvalue weighted by Crippen LogP contribution is -2.12. The van der Waals surface area contributed by atoms with Crippen LogP contribution in [0.15, 0.2) is 60.9 Å². The smallest absolute Gasteiger partial charge is 0.257 e. The Kier molecular flexibility index (Phi) is 4.71. The molecule has 1 amide bonds. The molecule has 0 aliphatic carbocycles. The molecule has 0 spiro atoms. The van der Waals surface area contributed by atoms with E-state index in [9.17, 15) is 4.79 Å². The molecular formula is C21H18ClN5O. The molecule has 0 atom stereocenters. The number of carbonyl (C=O) groups is 1. The molecule has 140 valence electrons. The Bertz CT molecular complexity index is 1150. The number of pyridine rings is 1. The number of aromatic nitrogens is 3. The van der Waals surface area contributed by atoms with Crippen molar-refractivity contribution in [1.29, 1.82) is 0 Å². The Morgan fingerprint density at radius 2 is 2.00 bits per heavy atom. The van der Waals surface area contributed by atoms with Crippen molar-refractivity contribution in [3.8, 4) is 11.4 Å². The number of hydrogen-bond donors (Lipinski definition) is 2. The zero-order valence-electron chi connectivity index (χ0n) is 15.4. The Labute approximate surface area is 167 Å². The van der Waals surface area contributed by atoms with E-state index in [0.717, 1.165) is 16.7 Å². The second-order valence-electron chi connectivity index (χ2n) is 6.57. The number of carbonyl (C=O) groups excluding carboxylic acids is 1. The first kappa shape index (κ1) is 18.0. The largest absolute Gasteiger partial charge is 0.378 e. The van der Waals surface area contributed by atoms with Crippen LogP contribution < -0.4 is 10.2 Å². The van der Waals surface area contributed by atoms with Crippen LogP contribution in [0.1, 0.15) is 10.4 Å². The fraction of sp³-hybridized carbons (Fsp3) is 0.0952. The molecular weight excluding hydrogens is 374 g/mol. The van der Waals surface area contributed by atoms with Crippen molar-refractivity contribution in [3.05, 3.63) is 71.5 Å². The van der Waals surface area contributed by atoms with Crippen molar-refractivity contribution in [3.63, 3.8) is 0 Å². The van der Waals surface area contributed by atoms with Crippen molar-refractivity contribution in [2.75, 3.05) is 24.3 Å². The van der Waals surface area contributed by atoms with Gasteiger partial charge in [-0.1, -0.05) is 11.6 Å². The van der Waals surface area contributed by atoms with Gasteiger partial charge in [-0.15, -0.1) is 0 Å². The molecule has 4 rings (SSSR count). The first-order valence-electron chi connectivity index (χ1n) is 8.69. The average Bonchev–Trinajstić information content (AvgIpc) is 3.13. The molecule has 28 heavy (non-hydrogen) atoms. The van der Waals surface area contributed by atoms with Crippen molar-refractivity contribution in [2.45, 2.75) is 0 Å². The van der Waals surface area contributed by atoms with Gasteiger partial charge in [0.15, 0.2) is 0 Å². The van der Waals surface area contributed by atoms with Gasteiger partial charge in [0, 0.05) is 43.4 Å². The third-order valence-corrected chi connectivity index (χ3v) is 4.71. The third kappa shape index (κ3) is 3.54. The number of benzene rings is 2. The molecule has 7 heteroatoms. The van der Waals surface area contributed by atoms with Gasteiger partial charge in [0.05, 0.1) is 21.6 Å². The summed E-state index contributed by atoms with van der Waals surface area (Å²) in [5, 5.41) is 3.41. The quantitative estimate of drug-likeness (QED) is 0.533. The van der Waals surface area contributed by atoms with Gasteiger partial charge in [0.1, 0.15) is 5.82 Å². The number of H-pyrrole nitrogens is 1. The van der Waals surface area contributed by atoms with Crippen LogP contribution in [0.2, 0.25) is 5.02 Å². The maximum atomic E-state index is 12.4. The number of anilines is 2. The maximum Gasteiger partial charge on any atom is 0.257 e. The predicted octanol–water partition coefficient (Wildman–Crippen LogP) is 4.60. The number of imidazole rings is 1. The monoisotopic (exact) mass is 391 g/mol. The van der Waals surface area contributed by atoms with Crippen molar-refractivity contribution >= 4 is 39.9 Å². The molecule has 0 bridgehead atoms. The number of aromatic amines is 1. The molecule has 2 heterocycles. The molecule has 6 nitrogen and oxygen atoms in total. The van der Waals surface area contributed by atoms with Gasteiger partial charge in [-0.05, 0) is 48.5 Å². The number of nitrogens with zero attached hydrogens (tertiary/aromatic N) is 3. The van der Waals surface area contributed by atoms with Crippen LogP contribution in [0.4, 0.5) is 11.4 Å². The summed E-state index contributed by atoms with van der Waals surface area (Å²) in [6, 6.07) is 14.8. The Balaban J connectivity index is 1.67. The second-order valence-corrected chi connectivity index (χ2v) is 6.98. The minimum Gasteiger partial charge on any atom is -0.378 e. The van der Waals surface area contributed by atoms with Crippen LogP contribution in [0.25, 0.3) is 22.4 Å². The molecule has 0 radical (unpaired) electrons. The van der Waals surface area contributed by atoms with E-state index in [-0.39, 0.29) is 5.91 Å². The summed E-state index contributed by atoms with van der Waals surface area (Å²) in [5.41, 5.74) is 4.67. The van der Waals surface area contributed by atoms with Crippen LogP contribution in [-0.2, 0) is 0 Å². The number of halogens is 1. The topological polar surface area (TPSA) is 73.9 Å². The predicted molar refractivity (Wildman–Crippen MR) is 113 cm³/mol. The highest BCUT2D eigenvalue weighted by Gasteiger charge is 2.13. The SMILES string of the molecule is CN(C)c1ccc2nc(-c3cc(NC(=O)c4cccnc4)ccc3Cl)[nH]c2c1. The number of fused-ring (bicyclic) bond motifs is 1. The highest BCUT2D eigenvalue weighted by Crippen LogP contribution is 2.31. The lowest BCUT2D eigenvalue weighted by molar-refractivity contribution is 0.102. The summed E-state index contributed by atoms with van der Waals surface area (Å²) in [5.74, 6) is 0.412. The van der Waals surface area contributed by atoms with E-state index >= 15 is 0 Å². The summed E-state index contributed by atoms with van der Waals surface area (Å²) in [4.78, 5) is 26.3. The molecule has 0 saturated carbocycles. The molecule has 2 aromatic carbocycles. The fourth-order valence-corrected chi connectivity index (χ4v) is 3.10. The van der Waals surface area contributed by atoms with Gasteiger partial charge < -0.3 is 15.2 Å². The van der Waals surface area contributed by atoms with E-state index in [1.165, 1.54) is 6.20 Å². The van der Waals surface area contributed by atoms with Crippen LogP contribution in [0, 0.1) is 0 Å². The van der Waals surface area contributed by atoms with Gasteiger partial charge in [0.25, 0.3) is 5.91 Å². The highest BCUT2D eigenvalue weighted by atomic mass is 35.5. The first-order chi connectivity index (χ1) is 13.5. The minimum absolute atomic E-state index is 0.235. The lowest BCUT2D eigenvalue weighted by Gasteiger charge is -2.11. The fourth-order valence-electron chi connectivity index (χ4n) is 2.89. The third-order valence-electron chi connectivity index (χ3n) is 4.38. The van der Waals surface area contributed by atoms with Gasteiger partial charge in [0.2, 0.25) is 0 Å². The van der Waals surface area contributed by atoms with Crippen LogP contribution >= 0.6 is 11.6 Å². The summed E-state index contributed by atoms with van der Waals surface area (Å²) < 4.78 is 0. The second kappa shape index (κ2) is 7.32. The number of hydrogen-bond acceptors (Lipinski definition) is 4. The zero-order valence-corrected chi connectivity index (χ0v) is 16.2. The summed E-state index contributed by atoms with van der Waals surface area (Å²) in [7, 11) is 3.98. The summed E-state index contributed by atoms with van der Waals surface area (Å²) in [6.07, 6.45) is 3.15. The Morgan fingerprint density at radius 3 is 2.75 bits per heavy atom. The molecule has 0 unspecified atom stereocenters. The standard InChI is InChI=1S/C21H18ClN5O/c1-27(2)15-6-8-18-19(11-15)26-20(25-18)16-10-14(5-7-17(16)22)24-21(28)13-4-3-9-23-12-13/h3-12H,1-2H3,(H,24,28)(H,25,26). The normalized spacial score (nSPS) is 10.8. The Hall–Kier alpha value is -3.38. The molecule has 0 fully saturated rings. The van der Waals surface area contributed by atoms with Crippen molar-refractivity contribution in [1.82, 2.24) is 15.0 Å². The van der Waals surface area contributed by atoms with Crippen molar-refractivity contribution < 1.29 is 4.79 Å². The molecule has 0 aliphatic heterocycles. The maximum absolute atomic E-state index is 12.4. The molecule has 0 saturated heterocycles. The molecule has 2 aromatic heterocycles. The Morgan fingerprint density at radius 1 is 1.14 bits per heavy atom. The average molecular weight is 392 g/mol. The van der Waals surface area contributed by atoms with E-state index in [1.807, 2.05) is 37.2 Å². The number of nitrogens with one attached hydrogen (secondary N) is 2. The van der Waals surface area contributed by atoms with E-state index in [0.29, 0.717) is 27.7 Å². The van der Waals surface area contributed by atoms with Gasteiger partial charge in [-0.25, -0.2) is 4.98 Å². The van der Waals surface area contributed by atoms with E-state index in [4.69, 9.17) is 11.6 Å². The van der Waals surface area contributed by atoms with Gasteiger partial charge >= 0.3 is 0 Å². The van der Waals surface area contributed by atoms with Crippen molar-refractivity contribution in [2.24, 2.45) is 0 Å².